The van der Waals surface area contributed by atoms with Crippen molar-refractivity contribution in [2.45, 2.75) is 13.8 Å². The summed E-state index contributed by atoms with van der Waals surface area (Å²) in [5.74, 6) is -0.0431. The molecule has 120 valence electrons. The topological polar surface area (TPSA) is 40.6 Å². The van der Waals surface area contributed by atoms with E-state index in [9.17, 15) is 9.59 Å². The number of amides is 2. The van der Waals surface area contributed by atoms with Gasteiger partial charge in [0.15, 0.2) is 0 Å². The summed E-state index contributed by atoms with van der Waals surface area (Å²) in [6.07, 6.45) is 0. The first-order chi connectivity index (χ1) is 10.1. The fraction of sp³-hybridized carbons (Fsp3) is 0.125. The minimum Gasteiger partial charge on any atom is -1.00 e. The summed E-state index contributed by atoms with van der Waals surface area (Å²) in [6, 6.07) is 19.0. The van der Waals surface area contributed by atoms with Crippen LogP contribution in [0.15, 0.2) is 60.7 Å². The van der Waals surface area contributed by atoms with Crippen LogP contribution in [0.4, 0.5) is 11.4 Å². The standard InChI is InChI=1S/2C8H9NO.2BrH.Hf/c2*1-7(10)9-8-5-3-2-4-6-8;;;/h2*2-6H,1H3,(H,9,10);2*1H;/q;;;;+4/p-4. The monoisotopic (exact) mass is 606 g/mol. The van der Waals surface area contributed by atoms with Gasteiger partial charge >= 0.3 is 137 Å². The third-order valence-corrected chi connectivity index (χ3v) is 8.41. The van der Waals surface area contributed by atoms with Crippen LogP contribution in [0, 0.1) is 0 Å². The molecule has 7 heteroatoms. The van der Waals surface area contributed by atoms with Crippen LogP contribution >= 0.6 is 0 Å². The van der Waals surface area contributed by atoms with Crippen LogP contribution in [0.3, 0.4) is 0 Å². The molecule has 2 aromatic rings. The Kier molecular flexibility index (Phi) is 10.5. The van der Waals surface area contributed by atoms with E-state index in [0.717, 1.165) is 11.4 Å². The molecule has 2 rings (SSSR count). The first kappa shape index (κ1) is 22.2. The zero-order valence-corrected chi connectivity index (χ0v) is 19.5. The van der Waals surface area contributed by atoms with Crippen LogP contribution in [-0.2, 0) is 33.1 Å². The van der Waals surface area contributed by atoms with Gasteiger partial charge in [-0.3, -0.25) is 0 Å². The van der Waals surface area contributed by atoms with Crippen LogP contribution in [0.5, 0.6) is 0 Å². The summed E-state index contributed by atoms with van der Waals surface area (Å²) in [6.45, 7) is 3.09. The van der Waals surface area contributed by atoms with Crippen LogP contribution in [0.25, 0.3) is 0 Å². The number of nitrogens with zero attached hydrogens (tertiary/aromatic N) is 2. The Bertz CT molecular complexity index is 571. The van der Waals surface area contributed by atoms with Crippen molar-refractivity contribution < 1.29 is 67.0 Å². The Morgan fingerprint density at radius 2 is 1.00 bits per heavy atom. The quantitative estimate of drug-likeness (QED) is 0.349. The van der Waals surface area contributed by atoms with Crippen molar-refractivity contribution in [2.75, 3.05) is 5.78 Å². The van der Waals surface area contributed by atoms with Gasteiger partial charge < -0.3 is 34.0 Å². The summed E-state index contributed by atoms with van der Waals surface area (Å²) in [5, 5.41) is 0. The molecule has 0 aromatic heterocycles. The second-order valence-corrected chi connectivity index (χ2v) is 8.41. The van der Waals surface area contributed by atoms with Gasteiger partial charge in [0.2, 0.25) is 0 Å². The first-order valence-electron chi connectivity index (χ1n) is 6.57. The molecule has 0 spiro atoms. The fourth-order valence-electron chi connectivity index (χ4n) is 1.87. The minimum atomic E-state index is -1.88. The predicted octanol–water partition coefficient (Wildman–Crippen LogP) is -2.99. The summed E-state index contributed by atoms with van der Waals surface area (Å²) in [7, 11) is 0. The number of carbonyl (C=O) groups excluding carboxylic acids is 2. The average molecular weight is 607 g/mol. The molecule has 0 heterocycles. The van der Waals surface area contributed by atoms with E-state index < -0.39 is 23.5 Å². The molecule has 0 saturated carbocycles. The van der Waals surface area contributed by atoms with Gasteiger partial charge in [0.05, 0.1) is 0 Å². The third kappa shape index (κ3) is 6.31. The van der Waals surface area contributed by atoms with E-state index in [1.54, 1.807) is 19.6 Å². The van der Waals surface area contributed by atoms with Gasteiger partial charge in [-0.25, -0.2) is 0 Å². The van der Waals surface area contributed by atoms with Crippen molar-refractivity contribution in [1.29, 1.82) is 0 Å². The van der Waals surface area contributed by atoms with Crippen LogP contribution in [0.1, 0.15) is 13.8 Å². The molecule has 0 aliphatic rings. The number of rotatable bonds is 4. The van der Waals surface area contributed by atoms with E-state index in [0.29, 0.717) is 0 Å². The molecule has 0 fully saturated rings. The van der Waals surface area contributed by atoms with E-state index in [-0.39, 0.29) is 45.8 Å². The maximum atomic E-state index is 12.0. The Balaban J connectivity index is 0.00000242. The number of para-hydroxylation sites is 2. The molecular formula is C16H16Br2HfN2O2. The first-order valence-corrected chi connectivity index (χ1v) is 9.78. The molecule has 0 N–H and O–H groups in total. The van der Waals surface area contributed by atoms with Gasteiger partial charge in [0.25, 0.3) is 0 Å². The van der Waals surface area contributed by atoms with Gasteiger partial charge in [0.1, 0.15) is 0 Å². The number of hydrogen-bond acceptors (Lipinski definition) is 2. The third-order valence-electron chi connectivity index (χ3n) is 2.86. The van der Waals surface area contributed by atoms with Crippen LogP contribution < -0.4 is 39.7 Å². The number of benzene rings is 2. The van der Waals surface area contributed by atoms with Crippen molar-refractivity contribution in [1.82, 2.24) is 0 Å². The molecule has 0 aliphatic heterocycles. The van der Waals surface area contributed by atoms with Gasteiger partial charge in [-0.15, -0.1) is 0 Å². The molecule has 0 bridgehead atoms. The van der Waals surface area contributed by atoms with E-state index in [4.69, 9.17) is 0 Å². The van der Waals surface area contributed by atoms with Gasteiger partial charge in [-0.05, 0) is 0 Å². The summed E-state index contributed by atoms with van der Waals surface area (Å²) in [5.41, 5.74) is 1.71. The smallest absolute Gasteiger partial charge is 1.00 e. The maximum Gasteiger partial charge on any atom is -1.00 e. The Morgan fingerprint density at radius 1 is 0.696 bits per heavy atom. The average Bonchev–Trinajstić information content (AvgIpc) is 2.49. The van der Waals surface area contributed by atoms with Gasteiger partial charge in [-0.2, -0.15) is 0 Å². The molecular weight excluding hydrogens is 590 g/mol. The van der Waals surface area contributed by atoms with Crippen molar-refractivity contribution in [3.63, 3.8) is 0 Å². The van der Waals surface area contributed by atoms with Crippen molar-refractivity contribution >= 4 is 23.2 Å². The molecule has 2 amide bonds. The van der Waals surface area contributed by atoms with Crippen LogP contribution in [-0.4, -0.2) is 11.8 Å². The van der Waals surface area contributed by atoms with Gasteiger partial charge in [-0.1, -0.05) is 0 Å². The zero-order chi connectivity index (χ0) is 15.2. The van der Waals surface area contributed by atoms with E-state index in [1.165, 1.54) is 0 Å². The van der Waals surface area contributed by atoms with Crippen LogP contribution in [0.2, 0.25) is 0 Å². The second kappa shape index (κ2) is 10.9. The summed E-state index contributed by atoms with van der Waals surface area (Å²) in [4.78, 5) is 23.9. The molecule has 4 nitrogen and oxygen atoms in total. The summed E-state index contributed by atoms with van der Waals surface area (Å²) < 4.78 is 3.54. The van der Waals surface area contributed by atoms with E-state index in [1.807, 2.05) is 60.7 Å². The molecule has 0 unspecified atom stereocenters. The fourth-order valence-corrected chi connectivity index (χ4v) is 5.51. The molecule has 23 heavy (non-hydrogen) atoms. The second-order valence-electron chi connectivity index (χ2n) is 4.48. The van der Waals surface area contributed by atoms with Crippen molar-refractivity contribution in [3.8, 4) is 0 Å². The SMILES string of the molecule is CC(=O)[N]([Hf+2][N](C(C)=O)c1ccccc1)c1ccccc1.[Br-].[Br-]. The van der Waals surface area contributed by atoms with E-state index in [2.05, 4.69) is 0 Å². The maximum absolute atomic E-state index is 12.0. The Morgan fingerprint density at radius 3 is 1.26 bits per heavy atom. The van der Waals surface area contributed by atoms with E-state index >= 15 is 0 Å². The molecule has 0 radical (unpaired) electrons. The Labute approximate surface area is 169 Å². The largest absolute Gasteiger partial charge is 1.00 e. The number of halogens is 2. The number of hydrogen-bond donors (Lipinski definition) is 0. The number of anilines is 2. The number of carbonyl (C=O) groups is 2. The Hall–Kier alpha value is -0.790. The minimum absolute atomic E-state index is 0. The molecule has 2 aromatic carbocycles. The zero-order valence-electron chi connectivity index (χ0n) is 12.7. The molecule has 0 aliphatic carbocycles. The van der Waals surface area contributed by atoms with Crippen molar-refractivity contribution in [2.24, 2.45) is 0 Å². The molecule has 0 atom stereocenters. The summed E-state index contributed by atoms with van der Waals surface area (Å²) >= 11 is -1.88. The predicted molar refractivity (Wildman–Crippen MR) is 79.2 cm³/mol. The van der Waals surface area contributed by atoms with Gasteiger partial charge in [0, 0.05) is 0 Å². The normalized spacial score (nSPS) is 8.78. The van der Waals surface area contributed by atoms with Crippen molar-refractivity contribution in [3.05, 3.63) is 60.7 Å². The molecule has 0 saturated heterocycles.